The summed E-state index contributed by atoms with van der Waals surface area (Å²) in [5, 5.41) is 6.82. The van der Waals surface area contributed by atoms with E-state index in [9.17, 15) is 4.79 Å². The van der Waals surface area contributed by atoms with Crippen LogP contribution in [0.5, 0.6) is 0 Å². The van der Waals surface area contributed by atoms with Gasteiger partial charge in [0.05, 0.1) is 12.2 Å². The Bertz CT molecular complexity index is 1360. The molecule has 2 N–H and O–H groups in total. The molecular weight excluding hydrogens is 436 g/mol. The maximum atomic E-state index is 12.8. The van der Waals surface area contributed by atoms with Gasteiger partial charge in [-0.15, -0.1) is 0 Å². The fraction of sp³-hybridized carbons (Fsp3) is 0.280. The molecule has 0 radical (unpaired) electrons. The van der Waals surface area contributed by atoms with Crippen LogP contribution in [0.25, 0.3) is 5.65 Å². The summed E-state index contributed by atoms with van der Waals surface area (Å²) in [6.07, 6.45) is 11.5. The number of rotatable bonds is 6. The van der Waals surface area contributed by atoms with Gasteiger partial charge in [0, 0.05) is 42.5 Å². The first-order valence-electron chi connectivity index (χ1n) is 11.2. The minimum atomic E-state index is -0.168. The molecular formula is C25H23ClN6O. The Labute approximate surface area is 196 Å². The van der Waals surface area contributed by atoms with Crippen LogP contribution in [-0.4, -0.2) is 25.3 Å². The summed E-state index contributed by atoms with van der Waals surface area (Å²) in [5.74, 6) is 1.02. The molecule has 0 aromatic carbocycles. The SMILES string of the molecule is O=C(Nc1cc(NCc2cn3cc(C4CC4)ccc3n2)ccn1)C1Cc2ccnc(Cl)c2C1. The van der Waals surface area contributed by atoms with Crippen molar-refractivity contribution in [1.82, 2.24) is 19.4 Å². The van der Waals surface area contributed by atoms with Gasteiger partial charge in [0.15, 0.2) is 0 Å². The van der Waals surface area contributed by atoms with E-state index in [1.54, 1.807) is 12.4 Å². The Kier molecular flexibility index (Phi) is 4.99. The zero-order valence-corrected chi connectivity index (χ0v) is 18.7. The Hall–Kier alpha value is -3.45. The van der Waals surface area contributed by atoms with Crippen LogP contribution in [0, 0.1) is 5.92 Å². The number of hydrogen-bond donors (Lipinski definition) is 2. The molecule has 6 rings (SSSR count). The van der Waals surface area contributed by atoms with Gasteiger partial charge in [-0.1, -0.05) is 17.7 Å². The molecule has 8 heteroatoms. The molecule has 2 aliphatic carbocycles. The molecule has 7 nitrogen and oxygen atoms in total. The lowest BCUT2D eigenvalue weighted by Gasteiger charge is -2.11. The molecule has 2 aliphatic rings. The van der Waals surface area contributed by atoms with E-state index in [-0.39, 0.29) is 11.8 Å². The smallest absolute Gasteiger partial charge is 0.229 e. The molecule has 1 unspecified atom stereocenters. The van der Waals surface area contributed by atoms with E-state index in [1.165, 1.54) is 18.4 Å². The number of nitrogens with zero attached hydrogens (tertiary/aromatic N) is 4. The molecule has 166 valence electrons. The summed E-state index contributed by atoms with van der Waals surface area (Å²) < 4.78 is 2.10. The van der Waals surface area contributed by atoms with Gasteiger partial charge in [-0.3, -0.25) is 4.79 Å². The van der Waals surface area contributed by atoms with Gasteiger partial charge in [-0.05, 0) is 66.5 Å². The van der Waals surface area contributed by atoms with Crippen LogP contribution in [0.2, 0.25) is 5.15 Å². The molecule has 0 saturated heterocycles. The standard InChI is InChI=1S/C25H23ClN6O/c26-24-21-10-18(9-16(21)5-7-28-24)25(33)31-22-11-19(6-8-27-22)29-12-20-14-32-13-17(15-1-2-15)3-4-23(32)30-20/h3-8,11,13-15,18H,1-2,9-10,12H2,(H2,27,29,31,33). The minimum absolute atomic E-state index is 0.0567. The number of amides is 1. The number of fused-ring (bicyclic) bond motifs is 2. The van der Waals surface area contributed by atoms with Crippen molar-refractivity contribution in [2.75, 3.05) is 10.6 Å². The third kappa shape index (κ3) is 4.16. The van der Waals surface area contributed by atoms with Crippen molar-refractivity contribution in [3.8, 4) is 0 Å². The first kappa shape index (κ1) is 20.2. The monoisotopic (exact) mass is 458 g/mol. The van der Waals surface area contributed by atoms with Crippen LogP contribution in [-0.2, 0) is 24.2 Å². The maximum Gasteiger partial charge on any atom is 0.229 e. The number of aromatic nitrogens is 4. The van der Waals surface area contributed by atoms with E-state index in [4.69, 9.17) is 16.6 Å². The Morgan fingerprint density at radius 1 is 1.09 bits per heavy atom. The summed E-state index contributed by atoms with van der Waals surface area (Å²) in [6, 6.07) is 9.93. The van der Waals surface area contributed by atoms with Crippen molar-refractivity contribution in [2.24, 2.45) is 5.92 Å². The number of nitrogens with one attached hydrogen (secondary N) is 2. The molecule has 1 fully saturated rings. The van der Waals surface area contributed by atoms with Crippen molar-refractivity contribution in [1.29, 1.82) is 0 Å². The summed E-state index contributed by atoms with van der Waals surface area (Å²) in [7, 11) is 0. The summed E-state index contributed by atoms with van der Waals surface area (Å²) in [5.41, 5.74) is 6.23. The highest BCUT2D eigenvalue weighted by Crippen LogP contribution is 2.39. The molecule has 1 amide bonds. The normalized spacial score (nSPS) is 17.2. The quantitative estimate of drug-likeness (QED) is 0.412. The second-order valence-electron chi connectivity index (χ2n) is 8.85. The van der Waals surface area contributed by atoms with E-state index < -0.39 is 0 Å². The predicted molar refractivity (Wildman–Crippen MR) is 128 cm³/mol. The molecule has 1 atom stereocenters. The zero-order valence-electron chi connectivity index (χ0n) is 18.0. The predicted octanol–water partition coefficient (Wildman–Crippen LogP) is 4.62. The average molecular weight is 459 g/mol. The highest BCUT2D eigenvalue weighted by Gasteiger charge is 2.29. The largest absolute Gasteiger partial charge is 0.379 e. The molecule has 0 aliphatic heterocycles. The molecule has 4 aromatic rings. The van der Waals surface area contributed by atoms with Crippen molar-refractivity contribution in [3.05, 3.63) is 82.7 Å². The Balaban J connectivity index is 1.10. The van der Waals surface area contributed by atoms with E-state index in [0.717, 1.165) is 34.1 Å². The number of carbonyl (C=O) groups excluding carboxylic acids is 1. The lowest BCUT2D eigenvalue weighted by molar-refractivity contribution is -0.119. The summed E-state index contributed by atoms with van der Waals surface area (Å²) in [4.78, 5) is 25.9. The highest BCUT2D eigenvalue weighted by atomic mass is 35.5. The van der Waals surface area contributed by atoms with Crippen LogP contribution < -0.4 is 10.6 Å². The van der Waals surface area contributed by atoms with E-state index in [2.05, 4.69) is 49.5 Å². The van der Waals surface area contributed by atoms with E-state index in [1.807, 2.05) is 18.2 Å². The average Bonchev–Trinajstić information content (AvgIpc) is 3.43. The van der Waals surface area contributed by atoms with Crippen LogP contribution in [0.1, 0.15) is 41.1 Å². The number of hydrogen-bond acceptors (Lipinski definition) is 5. The topological polar surface area (TPSA) is 84.2 Å². The lowest BCUT2D eigenvalue weighted by atomic mass is 10.1. The van der Waals surface area contributed by atoms with Crippen LogP contribution >= 0.6 is 11.6 Å². The van der Waals surface area contributed by atoms with Crippen LogP contribution in [0.15, 0.2) is 55.1 Å². The van der Waals surface area contributed by atoms with E-state index >= 15 is 0 Å². The van der Waals surface area contributed by atoms with Gasteiger partial charge in [0.25, 0.3) is 0 Å². The van der Waals surface area contributed by atoms with Gasteiger partial charge in [0.2, 0.25) is 5.91 Å². The fourth-order valence-corrected chi connectivity index (χ4v) is 4.77. The first-order valence-corrected chi connectivity index (χ1v) is 11.6. The molecule has 1 saturated carbocycles. The molecule has 4 aromatic heterocycles. The molecule has 0 bridgehead atoms. The number of imidazole rings is 1. The van der Waals surface area contributed by atoms with E-state index in [0.29, 0.717) is 30.4 Å². The number of carbonyl (C=O) groups is 1. The molecule has 4 heterocycles. The van der Waals surface area contributed by atoms with Crippen molar-refractivity contribution in [3.63, 3.8) is 0 Å². The van der Waals surface area contributed by atoms with Crippen molar-refractivity contribution in [2.45, 2.75) is 38.1 Å². The van der Waals surface area contributed by atoms with Gasteiger partial charge in [-0.2, -0.15) is 0 Å². The van der Waals surface area contributed by atoms with Crippen LogP contribution in [0.3, 0.4) is 0 Å². The van der Waals surface area contributed by atoms with Gasteiger partial charge < -0.3 is 15.0 Å². The Morgan fingerprint density at radius 2 is 1.97 bits per heavy atom. The highest BCUT2D eigenvalue weighted by molar-refractivity contribution is 6.30. The lowest BCUT2D eigenvalue weighted by Crippen LogP contribution is -2.23. The minimum Gasteiger partial charge on any atom is -0.379 e. The fourth-order valence-electron chi connectivity index (χ4n) is 4.51. The summed E-state index contributed by atoms with van der Waals surface area (Å²) in [6.45, 7) is 0.585. The van der Waals surface area contributed by atoms with Gasteiger partial charge in [-0.25, -0.2) is 15.0 Å². The van der Waals surface area contributed by atoms with Gasteiger partial charge in [0.1, 0.15) is 16.6 Å². The molecule has 33 heavy (non-hydrogen) atoms. The summed E-state index contributed by atoms with van der Waals surface area (Å²) >= 11 is 6.19. The first-order chi connectivity index (χ1) is 16.1. The number of pyridine rings is 3. The third-order valence-electron chi connectivity index (χ3n) is 6.45. The second kappa shape index (κ2) is 8.15. The van der Waals surface area contributed by atoms with Crippen molar-refractivity contribution >= 4 is 34.7 Å². The number of anilines is 2. The molecule has 0 spiro atoms. The van der Waals surface area contributed by atoms with Crippen LogP contribution in [0.4, 0.5) is 11.5 Å². The van der Waals surface area contributed by atoms with Crippen molar-refractivity contribution < 1.29 is 4.79 Å². The number of halogens is 1. The Morgan fingerprint density at radius 3 is 2.82 bits per heavy atom. The maximum absolute atomic E-state index is 12.8. The second-order valence-corrected chi connectivity index (χ2v) is 9.21. The zero-order chi connectivity index (χ0) is 22.4. The van der Waals surface area contributed by atoms with Gasteiger partial charge >= 0.3 is 0 Å². The third-order valence-corrected chi connectivity index (χ3v) is 6.77.